The lowest BCUT2D eigenvalue weighted by atomic mass is 10.1. The highest BCUT2D eigenvalue weighted by atomic mass is 35.5. The number of aryl methyl sites for hydroxylation is 2. The third-order valence-corrected chi connectivity index (χ3v) is 7.22. The summed E-state index contributed by atoms with van der Waals surface area (Å²) in [5.74, 6) is -0.0745. The summed E-state index contributed by atoms with van der Waals surface area (Å²) in [6, 6.07) is 18.4. The third kappa shape index (κ3) is 5.30. The molecule has 3 aromatic carbocycles. The smallest absolute Gasteiger partial charge is 0.257 e. The van der Waals surface area contributed by atoms with Crippen molar-refractivity contribution in [1.82, 2.24) is 4.98 Å². The second-order valence-electron chi connectivity index (χ2n) is 7.25. The van der Waals surface area contributed by atoms with Gasteiger partial charge in [-0.3, -0.25) is 9.59 Å². The quantitative estimate of drug-likeness (QED) is 0.306. The van der Waals surface area contributed by atoms with Crippen molar-refractivity contribution < 1.29 is 9.59 Å². The summed E-state index contributed by atoms with van der Waals surface area (Å²) in [4.78, 5) is 29.4. The van der Waals surface area contributed by atoms with E-state index in [-0.39, 0.29) is 17.6 Å². The van der Waals surface area contributed by atoms with Crippen molar-refractivity contribution >= 4 is 68.1 Å². The monoisotopic (exact) mass is 481 g/mol. The molecule has 32 heavy (non-hydrogen) atoms. The fourth-order valence-corrected chi connectivity index (χ4v) is 5.28. The number of carbonyl (C=O) groups is 2. The van der Waals surface area contributed by atoms with Gasteiger partial charge in [0.15, 0.2) is 4.34 Å². The van der Waals surface area contributed by atoms with Gasteiger partial charge in [-0.15, -0.1) is 11.3 Å². The third-order valence-electron chi connectivity index (χ3n) is 4.73. The maximum absolute atomic E-state index is 12.5. The van der Waals surface area contributed by atoms with E-state index in [1.54, 1.807) is 30.3 Å². The van der Waals surface area contributed by atoms with Crippen LogP contribution in [-0.4, -0.2) is 22.6 Å². The van der Waals surface area contributed by atoms with Crippen molar-refractivity contribution in [1.29, 1.82) is 0 Å². The van der Waals surface area contributed by atoms with Gasteiger partial charge < -0.3 is 10.6 Å². The minimum Gasteiger partial charge on any atom is -0.325 e. The van der Waals surface area contributed by atoms with Gasteiger partial charge in [0.25, 0.3) is 5.91 Å². The molecule has 0 aliphatic carbocycles. The Hall–Kier alpha value is -2.87. The fraction of sp³-hybridized carbons (Fsp3) is 0.125. The van der Waals surface area contributed by atoms with E-state index in [2.05, 4.69) is 15.6 Å². The molecule has 0 aliphatic rings. The van der Waals surface area contributed by atoms with Crippen molar-refractivity contribution in [3.05, 3.63) is 82.4 Å². The Morgan fingerprint density at radius 2 is 1.84 bits per heavy atom. The molecular weight excluding hydrogens is 462 g/mol. The highest BCUT2D eigenvalue weighted by Crippen LogP contribution is 2.31. The lowest BCUT2D eigenvalue weighted by Gasteiger charge is -2.08. The molecule has 0 spiro atoms. The first-order valence-corrected chi connectivity index (χ1v) is 12.0. The van der Waals surface area contributed by atoms with Crippen molar-refractivity contribution in [2.24, 2.45) is 0 Å². The molecule has 1 heterocycles. The fourth-order valence-electron chi connectivity index (χ4n) is 3.15. The van der Waals surface area contributed by atoms with Crippen LogP contribution in [0.4, 0.5) is 11.4 Å². The Labute approximate surface area is 199 Å². The number of hydrogen-bond acceptors (Lipinski definition) is 5. The van der Waals surface area contributed by atoms with Gasteiger partial charge in [0, 0.05) is 11.4 Å². The van der Waals surface area contributed by atoms with Crippen molar-refractivity contribution in [3.63, 3.8) is 0 Å². The lowest BCUT2D eigenvalue weighted by molar-refractivity contribution is -0.113. The summed E-state index contributed by atoms with van der Waals surface area (Å²) >= 11 is 8.98. The molecular formula is C24H20ClN3O2S2. The van der Waals surface area contributed by atoms with Crippen molar-refractivity contribution in [2.45, 2.75) is 18.2 Å². The first-order chi connectivity index (χ1) is 15.4. The number of anilines is 2. The summed E-state index contributed by atoms with van der Waals surface area (Å²) in [6.45, 7) is 4.00. The zero-order valence-electron chi connectivity index (χ0n) is 17.4. The number of hydrogen-bond donors (Lipinski definition) is 2. The molecule has 2 N–H and O–H groups in total. The summed E-state index contributed by atoms with van der Waals surface area (Å²) < 4.78 is 1.73. The van der Waals surface area contributed by atoms with E-state index < -0.39 is 0 Å². The number of carbonyl (C=O) groups excluding carboxylic acids is 2. The standard InChI is InChI=1S/C24H20ClN3O2S2/c1-14-7-9-19(15(2)11-14)27-22(29)13-31-24-28-20-10-8-16(12-21(20)32-24)26-23(30)17-5-3-4-6-18(17)25/h3-12H,13H2,1-2H3,(H,26,30)(H,27,29). The second-order valence-corrected chi connectivity index (χ2v) is 9.91. The zero-order valence-corrected chi connectivity index (χ0v) is 19.8. The average Bonchev–Trinajstić information content (AvgIpc) is 3.17. The Kier molecular flexibility index (Phi) is 6.79. The number of thioether (sulfide) groups is 1. The first-order valence-electron chi connectivity index (χ1n) is 9.85. The highest BCUT2D eigenvalue weighted by molar-refractivity contribution is 8.01. The topological polar surface area (TPSA) is 71.1 Å². The van der Waals surface area contributed by atoms with E-state index in [9.17, 15) is 9.59 Å². The summed E-state index contributed by atoms with van der Waals surface area (Å²) in [6.07, 6.45) is 0. The molecule has 162 valence electrons. The van der Waals surface area contributed by atoms with E-state index in [1.165, 1.54) is 23.1 Å². The molecule has 5 nitrogen and oxygen atoms in total. The Bertz CT molecular complexity index is 1320. The summed E-state index contributed by atoms with van der Waals surface area (Å²) in [7, 11) is 0. The second kappa shape index (κ2) is 9.73. The van der Waals surface area contributed by atoms with E-state index in [0.717, 1.165) is 31.4 Å². The van der Waals surface area contributed by atoms with Gasteiger partial charge in [-0.05, 0) is 55.8 Å². The van der Waals surface area contributed by atoms with Gasteiger partial charge in [0.1, 0.15) is 0 Å². The van der Waals surface area contributed by atoms with Crippen LogP contribution in [0.3, 0.4) is 0 Å². The molecule has 0 saturated heterocycles. The van der Waals surface area contributed by atoms with Crippen LogP contribution in [0.1, 0.15) is 21.5 Å². The van der Waals surface area contributed by atoms with Crippen LogP contribution in [0.2, 0.25) is 5.02 Å². The van der Waals surface area contributed by atoms with E-state index in [4.69, 9.17) is 11.6 Å². The Morgan fingerprint density at radius 1 is 1.03 bits per heavy atom. The largest absolute Gasteiger partial charge is 0.325 e. The molecule has 0 unspecified atom stereocenters. The van der Waals surface area contributed by atoms with Crippen molar-refractivity contribution in [2.75, 3.05) is 16.4 Å². The molecule has 0 saturated carbocycles. The molecule has 2 amide bonds. The number of aromatic nitrogens is 1. The number of fused-ring (bicyclic) bond motifs is 1. The van der Waals surface area contributed by atoms with E-state index in [0.29, 0.717) is 16.3 Å². The number of amides is 2. The molecule has 4 rings (SSSR count). The number of rotatable bonds is 6. The van der Waals surface area contributed by atoms with Crippen LogP contribution in [-0.2, 0) is 4.79 Å². The van der Waals surface area contributed by atoms with Gasteiger partial charge in [0.2, 0.25) is 5.91 Å². The van der Waals surface area contributed by atoms with Crippen LogP contribution in [0, 0.1) is 13.8 Å². The summed E-state index contributed by atoms with van der Waals surface area (Å²) in [5, 5.41) is 6.23. The number of thiazole rings is 1. The van der Waals surface area contributed by atoms with E-state index in [1.807, 2.05) is 44.2 Å². The molecule has 1 aromatic heterocycles. The van der Waals surface area contributed by atoms with Gasteiger partial charge in [-0.25, -0.2) is 4.98 Å². The maximum Gasteiger partial charge on any atom is 0.257 e. The Balaban J connectivity index is 1.40. The van der Waals surface area contributed by atoms with Crippen molar-refractivity contribution in [3.8, 4) is 0 Å². The van der Waals surface area contributed by atoms with Crippen LogP contribution >= 0.6 is 34.7 Å². The molecule has 0 atom stereocenters. The minimum atomic E-state index is -0.267. The number of nitrogens with zero attached hydrogens (tertiary/aromatic N) is 1. The predicted molar refractivity (Wildman–Crippen MR) is 134 cm³/mol. The minimum absolute atomic E-state index is 0.0751. The molecule has 8 heteroatoms. The SMILES string of the molecule is Cc1ccc(NC(=O)CSc2nc3ccc(NC(=O)c4ccccc4Cl)cc3s2)c(C)c1. The molecule has 0 radical (unpaired) electrons. The highest BCUT2D eigenvalue weighted by Gasteiger charge is 2.12. The number of halogens is 1. The first kappa shape index (κ1) is 22.3. The summed E-state index contributed by atoms with van der Waals surface area (Å²) in [5.41, 5.74) is 4.92. The molecule has 0 bridgehead atoms. The maximum atomic E-state index is 12.5. The molecule has 0 fully saturated rings. The van der Waals surface area contributed by atoms with E-state index >= 15 is 0 Å². The van der Waals surface area contributed by atoms with Gasteiger partial charge >= 0.3 is 0 Å². The van der Waals surface area contributed by atoms with Crippen LogP contribution < -0.4 is 10.6 Å². The molecule has 4 aromatic rings. The normalized spacial score (nSPS) is 10.8. The zero-order chi connectivity index (χ0) is 22.7. The van der Waals surface area contributed by atoms with Gasteiger partial charge in [0.05, 0.1) is 26.6 Å². The number of nitrogens with one attached hydrogen (secondary N) is 2. The predicted octanol–water partition coefficient (Wildman–Crippen LogP) is 6.55. The van der Waals surface area contributed by atoms with Gasteiger partial charge in [-0.2, -0.15) is 0 Å². The lowest BCUT2D eigenvalue weighted by Crippen LogP contribution is -2.14. The van der Waals surface area contributed by atoms with Crippen LogP contribution in [0.25, 0.3) is 10.2 Å². The molecule has 0 aliphatic heterocycles. The van der Waals surface area contributed by atoms with Gasteiger partial charge in [-0.1, -0.05) is 53.2 Å². The van der Waals surface area contributed by atoms with Crippen LogP contribution in [0.15, 0.2) is 65.0 Å². The van der Waals surface area contributed by atoms with Crippen LogP contribution in [0.5, 0.6) is 0 Å². The Morgan fingerprint density at radius 3 is 2.62 bits per heavy atom. The number of benzene rings is 3. The average molecular weight is 482 g/mol.